The second kappa shape index (κ2) is 4.01. The molecule has 21 heavy (non-hydrogen) atoms. The first kappa shape index (κ1) is 13.1. The van der Waals surface area contributed by atoms with E-state index in [4.69, 9.17) is 24.7 Å². The average Bonchev–Trinajstić information content (AvgIpc) is 2.91. The molecule has 0 aromatic rings. The lowest BCUT2D eigenvalue weighted by atomic mass is 10.1. The first-order valence-corrected chi connectivity index (χ1v) is 6.78. The highest BCUT2D eigenvalue weighted by molar-refractivity contribution is 5.92. The lowest BCUT2D eigenvalue weighted by Crippen LogP contribution is -2.51. The van der Waals surface area contributed by atoms with Crippen molar-refractivity contribution in [2.45, 2.75) is 50.5 Å². The molecule has 4 rings (SSSR count). The van der Waals surface area contributed by atoms with Crippen LogP contribution in [0.25, 0.3) is 0 Å². The lowest BCUT2D eigenvalue weighted by molar-refractivity contribution is -0.202. The summed E-state index contributed by atoms with van der Waals surface area (Å²) in [5, 5.41) is 13.0. The van der Waals surface area contributed by atoms with Crippen molar-refractivity contribution in [3.8, 4) is 0 Å². The van der Waals surface area contributed by atoms with Gasteiger partial charge in [0.05, 0.1) is 6.61 Å². The predicted octanol–water partition coefficient (Wildman–Crippen LogP) is -1.34. The number of nitrogens with two attached hydrogens (primary N) is 1. The fraction of sp³-hybridized carbons (Fsp3) is 0.750. The van der Waals surface area contributed by atoms with Crippen LogP contribution in [0.3, 0.4) is 0 Å². The van der Waals surface area contributed by atoms with Gasteiger partial charge in [0.15, 0.2) is 17.7 Å². The number of carbonyl (C=O) groups excluding carboxylic acids is 1. The molecule has 0 radical (unpaired) electrons. The summed E-state index contributed by atoms with van der Waals surface area (Å²) in [6.45, 7) is 3.90. The Labute approximate surface area is 120 Å². The third-order valence-corrected chi connectivity index (χ3v) is 4.05. The number of hydrogen-bond donors (Lipinski definition) is 3. The van der Waals surface area contributed by atoms with Gasteiger partial charge in [-0.3, -0.25) is 9.69 Å². The average molecular weight is 299 g/mol. The third kappa shape index (κ3) is 1.75. The van der Waals surface area contributed by atoms with E-state index in [9.17, 15) is 9.90 Å². The van der Waals surface area contributed by atoms with Crippen LogP contribution < -0.4 is 11.1 Å². The van der Waals surface area contributed by atoms with Crippen molar-refractivity contribution in [1.82, 2.24) is 10.2 Å². The van der Waals surface area contributed by atoms with Crippen molar-refractivity contribution in [3.05, 3.63) is 11.6 Å². The summed E-state index contributed by atoms with van der Waals surface area (Å²) in [5.74, 6) is -1.79. The van der Waals surface area contributed by atoms with Crippen LogP contribution in [-0.4, -0.2) is 59.2 Å². The molecule has 0 saturated carbocycles. The summed E-state index contributed by atoms with van der Waals surface area (Å²) in [6.07, 6.45) is -2.28. The molecule has 0 aromatic heterocycles. The Balaban J connectivity index is 1.70. The first-order chi connectivity index (χ1) is 9.87. The van der Waals surface area contributed by atoms with Gasteiger partial charge in [0.2, 0.25) is 12.2 Å². The van der Waals surface area contributed by atoms with Crippen LogP contribution in [0.4, 0.5) is 0 Å². The second-order valence-electron chi connectivity index (χ2n) is 5.93. The van der Waals surface area contributed by atoms with Crippen molar-refractivity contribution in [3.63, 3.8) is 0 Å². The molecule has 4 heterocycles. The molecule has 1 amide bonds. The van der Waals surface area contributed by atoms with E-state index in [0.29, 0.717) is 0 Å². The molecule has 0 aromatic carbocycles. The number of amides is 1. The van der Waals surface area contributed by atoms with Crippen molar-refractivity contribution < 1.29 is 28.8 Å². The summed E-state index contributed by atoms with van der Waals surface area (Å²) < 4.78 is 23.2. The molecule has 0 aliphatic carbocycles. The predicted molar refractivity (Wildman–Crippen MR) is 66.0 cm³/mol. The van der Waals surface area contributed by atoms with Crippen molar-refractivity contribution in [2.75, 3.05) is 6.61 Å². The van der Waals surface area contributed by atoms with E-state index in [2.05, 4.69) is 5.32 Å². The maximum absolute atomic E-state index is 11.3. The van der Waals surface area contributed by atoms with Crippen LogP contribution in [0.2, 0.25) is 0 Å². The van der Waals surface area contributed by atoms with Gasteiger partial charge in [-0.1, -0.05) is 0 Å². The van der Waals surface area contributed by atoms with E-state index in [1.165, 1.54) is 4.90 Å². The highest BCUT2D eigenvalue weighted by Crippen LogP contribution is 2.43. The number of aliphatic hydroxyl groups is 1. The number of fused-ring (bicyclic) bond motifs is 7. The number of primary amides is 1. The summed E-state index contributed by atoms with van der Waals surface area (Å²) >= 11 is 0. The van der Waals surface area contributed by atoms with Crippen LogP contribution >= 0.6 is 0 Å². The van der Waals surface area contributed by atoms with Gasteiger partial charge >= 0.3 is 0 Å². The Kier molecular flexibility index (Phi) is 2.51. The Hall–Kier alpha value is -1.55. The monoisotopic (exact) mass is 299 g/mol. The fourth-order valence-corrected chi connectivity index (χ4v) is 3.26. The van der Waals surface area contributed by atoms with Crippen LogP contribution in [0.5, 0.6) is 0 Å². The Morgan fingerprint density at radius 3 is 2.86 bits per heavy atom. The number of nitrogens with one attached hydrogen (secondary N) is 1. The number of carbonyl (C=O) groups is 1. The quantitative estimate of drug-likeness (QED) is 0.545. The first-order valence-electron chi connectivity index (χ1n) is 6.78. The van der Waals surface area contributed by atoms with Crippen molar-refractivity contribution >= 4 is 5.91 Å². The van der Waals surface area contributed by atoms with Gasteiger partial charge in [-0.05, 0) is 13.8 Å². The van der Waals surface area contributed by atoms with Crippen LogP contribution in [0.1, 0.15) is 13.8 Å². The number of nitrogens with zero attached hydrogens (tertiary/aromatic N) is 1. The lowest BCUT2D eigenvalue weighted by Gasteiger charge is -2.32. The molecule has 9 heteroatoms. The van der Waals surface area contributed by atoms with Crippen molar-refractivity contribution in [1.29, 1.82) is 0 Å². The molecule has 2 bridgehead atoms. The Morgan fingerprint density at radius 1 is 1.43 bits per heavy atom. The van der Waals surface area contributed by atoms with Crippen LogP contribution in [0, 0.1) is 0 Å². The van der Waals surface area contributed by atoms with Gasteiger partial charge in [0.1, 0.15) is 18.3 Å². The summed E-state index contributed by atoms with van der Waals surface area (Å²) in [7, 11) is 0. The summed E-state index contributed by atoms with van der Waals surface area (Å²) in [5.41, 5.74) is 5.14. The number of aliphatic hydroxyl groups excluding tert-OH is 1. The number of hydrogen-bond acceptors (Lipinski definition) is 8. The molecule has 1 unspecified atom stereocenters. The Morgan fingerprint density at radius 2 is 2.14 bits per heavy atom. The number of ether oxygens (including phenoxy) is 4. The van der Waals surface area contributed by atoms with E-state index in [1.54, 1.807) is 0 Å². The highest BCUT2D eigenvalue weighted by atomic mass is 16.8. The van der Waals surface area contributed by atoms with Crippen LogP contribution in [0.15, 0.2) is 11.6 Å². The van der Waals surface area contributed by atoms with Crippen molar-refractivity contribution in [2.24, 2.45) is 5.73 Å². The number of rotatable bonds is 1. The molecule has 4 aliphatic heterocycles. The normalized spacial score (nSPS) is 43.3. The maximum atomic E-state index is 11.3. The van der Waals surface area contributed by atoms with E-state index in [1.807, 2.05) is 13.8 Å². The maximum Gasteiger partial charge on any atom is 0.270 e. The van der Waals surface area contributed by atoms with E-state index in [0.717, 1.165) is 0 Å². The van der Waals surface area contributed by atoms with Gasteiger partial charge < -0.3 is 35.1 Å². The smallest absolute Gasteiger partial charge is 0.270 e. The zero-order chi connectivity index (χ0) is 14.9. The van der Waals surface area contributed by atoms with Gasteiger partial charge in [0, 0.05) is 0 Å². The zero-order valence-corrected chi connectivity index (χ0v) is 11.6. The van der Waals surface area contributed by atoms with E-state index >= 15 is 0 Å². The zero-order valence-electron chi connectivity index (χ0n) is 11.6. The van der Waals surface area contributed by atoms with Gasteiger partial charge in [-0.2, -0.15) is 0 Å². The van der Waals surface area contributed by atoms with Gasteiger partial charge in [-0.15, -0.1) is 0 Å². The summed E-state index contributed by atoms with van der Waals surface area (Å²) in [4.78, 5) is 12.8. The standard InChI is InChI=1S/C12H17N3O6/c1-12(2)20-6-4-3-18-11-14-5(8(13)16)9(17)15(11)10(19-4)7(6)21-12/h4,6-7,10-11,14,17H,3H2,1-2H3,(H2,13,16)/t4-,6-,7-,10-,11?/m1/s1. The minimum atomic E-state index is -0.765. The summed E-state index contributed by atoms with van der Waals surface area (Å²) in [6, 6.07) is 0. The van der Waals surface area contributed by atoms with E-state index < -0.39 is 24.3 Å². The molecule has 5 atom stereocenters. The molecule has 4 N–H and O–H groups in total. The molecule has 9 nitrogen and oxygen atoms in total. The molecule has 3 saturated heterocycles. The minimum absolute atomic E-state index is 0.0938. The van der Waals surface area contributed by atoms with Gasteiger partial charge in [0.25, 0.3) is 5.91 Å². The Bertz CT molecular complexity index is 535. The van der Waals surface area contributed by atoms with E-state index in [-0.39, 0.29) is 36.5 Å². The SMILES string of the molecule is CC1(C)O[C@@H]2[C@H](O1)[C@H]1COC3NC(C(N)=O)=C(O)N3[C@@H]2O1. The van der Waals surface area contributed by atoms with Gasteiger partial charge in [-0.25, -0.2) is 0 Å². The molecule has 4 aliphatic rings. The minimum Gasteiger partial charge on any atom is -0.493 e. The second-order valence-corrected chi connectivity index (χ2v) is 5.93. The molecule has 116 valence electrons. The fourth-order valence-electron chi connectivity index (χ4n) is 3.26. The molecular weight excluding hydrogens is 282 g/mol. The van der Waals surface area contributed by atoms with Crippen LogP contribution in [-0.2, 0) is 23.7 Å². The molecule has 3 fully saturated rings. The molecule has 0 spiro atoms. The largest absolute Gasteiger partial charge is 0.493 e. The topological polar surface area (TPSA) is 116 Å². The molecular formula is C12H17N3O6. The highest BCUT2D eigenvalue weighted by Gasteiger charge is 2.61. The third-order valence-electron chi connectivity index (χ3n) is 4.05.